The molecule has 1 aliphatic carbocycles. The number of halogens is 1. The Hall–Kier alpha value is -0.0900. The Morgan fingerprint density at radius 3 is 2.48 bits per heavy atom. The average Bonchev–Trinajstić information content (AvgIpc) is 3.22. The Balaban J connectivity index is 0.00000364. The molecule has 27 heavy (non-hydrogen) atoms. The lowest BCUT2D eigenvalue weighted by Crippen LogP contribution is -2.45. The summed E-state index contributed by atoms with van der Waals surface area (Å²) in [5, 5.41) is 6.94. The van der Waals surface area contributed by atoms with Crippen molar-refractivity contribution in [1.82, 2.24) is 15.5 Å². The van der Waals surface area contributed by atoms with Gasteiger partial charge in [-0.15, -0.1) is 24.0 Å². The highest BCUT2D eigenvalue weighted by Crippen LogP contribution is 2.26. The maximum atomic E-state index is 11.4. The van der Waals surface area contributed by atoms with E-state index < -0.39 is 9.84 Å². The molecule has 0 aromatic rings. The fourth-order valence-electron chi connectivity index (χ4n) is 3.85. The summed E-state index contributed by atoms with van der Waals surface area (Å²) in [5.74, 6) is 1.08. The van der Waals surface area contributed by atoms with Gasteiger partial charge in [0.15, 0.2) is 5.96 Å². The van der Waals surface area contributed by atoms with Gasteiger partial charge in [-0.3, -0.25) is 9.89 Å². The molecule has 2 N–H and O–H groups in total. The van der Waals surface area contributed by atoms with Crippen LogP contribution in [0.3, 0.4) is 0 Å². The molecule has 1 heterocycles. The molecule has 8 heteroatoms. The van der Waals surface area contributed by atoms with E-state index in [2.05, 4.69) is 36.3 Å². The van der Waals surface area contributed by atoms with E-state index in [4.69, 9.17) is 4.99 Å². The minimum atomic E-state index is -2.92. The first-order valence-corrected chi connectivity index (χ1v) is 12.2. The number of hydrogen-bond donors (Lipinski definition) is 2. The monoisotopic (exact) mass is 514 g/mol. The van der Waals surface area contributed by atoms with E-state index in [1.54, 1.807) is 0 Å². The molecule has 1 unspecified atom stereocenters. The highest BCUT2D eigenvalue weighted by Gasteiger charge is 2.30. The van der Waals surface area contributed by atoms with Crippen molar-refractivity contribution >= 4 is 39.8 Å². The van der Waals surface area contributed by atoms with Crippen LogP contribution in [0.1, 0.15) is 59.3 Å². The van der Waals surface area contributed by atoms with Crippen LogP contribution < -0.4 is 10.6 Å². The summed E-state index contributed by atoms with van der Waals surface area (Å²) >= 11 is 0. The van der Waals surface area contributed by atoms with Gasteiger partial charge in [0.2, 0.25) is 0 Å². The standard InChI is InChI=1S/C19H38N4O2S.HI/c1-5-20-18(21-15-19(2,3)11-13-26(4,24)25)22-16-10-12-23(14-16)17-8-6-7-9-17;/h16-17H,5-15H2,1-4H3,(H2,20,21,22);1H. The summed E-state index contributed by atoms with van der Waals surface area (Å²) in [6.07, 6.45) is 8.57. The van der Waals surface area contributed by atoms with Gasteiger partial charge in [0.1, 0.15) is 9.84 Å². The Bertz CT molecular complexity index is 574. The number of nitrogens with zero attached hydrogens (tertiary/aromatic N) is 2. The van der Waals surface area contributed by atoms with E-state index in [-0.39, 0.29) is 35.1 Å². The van der Waals surface area contributed by atoms with E-state index in [1.165, 1.54) is 44.9 Å². The van der Waals surface area contributed by atoms with Gasteiger partial charge in [0.25, 0.3) is 0 Å². The van der Waals surface area contributed by atoms with Gasteiger partial charge >= 0.3 is 0 Å². The SMILES string of the molecule is CCNC(=NCC(C)(C)CCS(C)(=O)=O)NC1CCN(C2CCCC2)C1.I. The maximum Gasteiger partial charge on any atom is 0.191 e. The van der Waals surface area contributed by atoms with Gasteiger partial charge in [-0.05, 0) is 38.0 Å². The van der Waals surface area contributed by atoms with Crippen LogP contribution in [0.5, 0.6) is 0 Å². The molecular weight excluding hydrogens is 475 g/mol. The zero-order chi connectivity index (χ0) is 19.2. The van der Waals surface area contributed by atoms with E-state index in [0.717, 1.165) is 25.1 Å². The zero-order valence-corrected chi connectivity index (χ0v) is 20.6. The number of sulfone groups is 1. The first-order chi connectivity index (χ1) is 12.2. The van der Waals surface area contributed by atoms with E-state index >= 15 is 0 Å². The number of aliphatic imine (C=N–C) groups is 1. The maximum absolute atomic E-state index is 11.4. The normalized spacial score (nSPS) is 22.7. The lowest BCUT2D eigenvalue weighted by molar-refractivity contribution is 0.242. The summed E-state index contributed by atoms with van der Waals surface area (Å²) in [6, 6.07) is 1.24. The Labute approximate surface area is 183 Å². The van der Waals surface area contributed by atoms with Crippen LogP contribution in [0.2, 0.25) is 0 Å². The van der Waals surface area contributed by atoms with E-state index in [9.17, 15) is 8.42 Å². The Morgan fingerprint density at radius 1 is 1.22 bits per heavy atom. The molecule has 0 amide bonds. The molecule has 1 aliphatic heterocycles. The summed E-state index contributed by atoms with van der Waals surface area (Å²) in [6.45, 7) is 9.98. The average molecular weight is 515 g/mol. The lowest BCUT2D eigenvalue weighted by Gasteiger charge is -2.25. The second-order valence-corrected chi connectivity index (χ2v) is 11.1. The molecule has 0 radical (unpaired) electrons. The molecule has 2 aliphatic rings. The minimum absolute atomic E-state index is 0. The second-order valence-electron chi connectivity index (χ2n) is 8.80. The molecule has 1 saturated carbocycles. The van der Waals surface area contributed by atoms with Crippen molar-refractivity contribution in [3.63, 3.8) is 0 Å². The quantitative estimate of drug-likeness (QED) is 0.296. The van der Waals surface area contributed by atoms with E-state index in [1.807, 2.05) is 0 Å². The second kappa shape index (κ2) is 11.2. The number of likely N-dealkylation sites (tertiary alicyclic amines) is 1. The topological polar surface area (TPSA) is 73.8 Å². The Morgan fingerprint density at radius 2 is 1.89 bits per heavy atom. The van der Waals surface area contributed by atoms with Crippen molar-refractivity contribution in [2.45, 2.75) is 71.4 Å². The van der Waals surface area contributed by atoms with Crippen LogP contribution in [0.4, 0.5) is 0 Å². The fraction of sp³-hybridized carbons (Fsp3) is 0.947. The minimum Gasteiger partial charge on any atom is -0.357 e. The highest BCUT2D eigenvalue weighted by molar-refractivity contribution is 14.0. The molecule has 0 spiro atoms. The third kappa shape index (κ3) is 9.30. The van der Waals surface area contributed by atoms with Crippen LogP contribution in [0.25, 0.3) is 0 Å². The largest absolute Gasteiger partial charge is 0.357 e. The van der Waals surface area contributed by atoms with Crippen LogP contribution in [-0.4, -0.2) is 69.5 Å². The molecule has 0 bridgehead atoms. The highest BCUT2D eigenvalue weighted by atomic mass is 127. The van der Waals surface area contributed by atoms with Crippen molar-refractivity contribution in [3.05, 3.63) is 0 Å². The first-order valence-electron chi connectivity index (χ1n) is 10.2. The van der Waals surface area contributed by atoms with Crippen LogP contribution in [0.15, 0.2) is 4.99 Å². The van der Waals surface area contributed by atoms with Gasteiger partial charge in [-0.1, -0.05) is 26.7 Å². The third-order valence-corrected chi connectivity index (χ3v) is 6.51. The van der Waals surface area contributed by atoms with Gasteiger partial charge in [-0.2, -0.15) is 0 Å². The van der Waals surface area contributed by atoms with Crippen molar-refractivity contribution in [2.24, 2.45) is 10.4 Å². The number of hydrogen-bond acceptors (Lipinski definition) is 4. The molecule has 6 nitrogen and oxygen atoms in total. The lowest BCUT2D eigenvalue weighted by atomic mass is 9.90. The first kappa shape index (κ1) is 24.9. The molecule has 0 aromatic carbocycles. The number of rotatable bonds is 8. The molecule has 1 saturated heterocycles. The van der Waals surface area contributed by atoms with Crippen molar-refractivity contribution < 1.29 is 8.42 Å². The number of nitrogens with one attached hydrogen (secondary N) is 2. The van der Waals surface area contributed by atoms with Crippen LogP contribution in [0, 0.1) is 5.41 Å². The molecular formula is C19H39IN4O2S. The summed E-state index contributed by atoms with van der Waals surface area (Å²) in [7, 11) is -2.92. The predicted molar refractivity (Wildman–Crippen MR) is 125 cm³/mol. The van der Waals surface area contributed by atoms with Gasteiger partial charge in [-0.25, -0.2) is 8.42 Å². The summed E-state index contributed by atoms with van der Waals surface area (Å²) in [5.41, 5.74) is -0.128. The van der Waals surface area contributed by atoms with Crippen molar-refractivity contribution in [3.8, 4) is 0 Å². The smallest absolute Gasteiger partial charge is 0.191 e. The Kier molecular flexibility index (Phi) is 10.3. The van der Waals surface area contributed by atoms with Crippen LogP contribution in [-0.2, 0) is 9.84 Å². The van der Waals surface area contributed by atoms with Crippen LogP contribution >= 0.6 is 24.0 Å². The predicted octanol–water partition coefficient (Wildman–Crippen LogP) is 2.64. The van der Waals surface area contributed by atoms with E-state index in [0.29, 0.717) is 19.0 Å². The van der Waals surface area contributed by atoms with Crippen molar-refractivity contribution in [2.75, 3.05) is 38.2 Å². The van der Waals surface area contributed by atoms with Gasteiger partial charge in [0, 0.05) is 44.5 Å². The zero-order valence-electron chi connectivity index (χ0n) is 17.5. The molecule has 2 rings (SSSR count). The summed E-state index contributed by atoms with van der Waals surface area (Å²) in [4.78, 5) is 7.40. The van der Waals surface area contributed by atoms with Gasteiger partial charge < -0.3 is 10.6 Å². The molecule has 160 valence electrons. The third-order valence-electron chi connectivity index (χ3n) is 5.56. The van der Waals surface area contributed by atoms with Crippen molar-refractivity contribution in [1.29, 1.82) is 0 Å². The summed E-state index contributed by atoms with van der Waals surface area (Å²) < 4.78 is 22.8. The van der Waals surface area contributed by atoms with Gasteiger partial charge in [0.05, 0.1) is 5.75 Å². The molecule has 0 aromatic heterocycles. The molecule has 1 atom stereocenters. The number of guanidine groups is 1. The fourth-order valence-corrected chi connectivity index (χ4v) is 4.78. The molecule has 2 fully saturated rings.